The standard InChI is InChI=1S/C19H24N2O2/c1-14-17(21-19(23-14)15-8-4-2-5-9-15)12-13-18(22)20-16-10-6-3-7-11-16/h2,4-5,8-9,16H,3,6-7,10-13H2,1H3,(H,20,22). The minimum atomic E-state index is 0.126. The van der Waals surface area contributed by atoms with Gasteiger partial charge in [-0.15, -0.1) is 0 Å². The number of amides is 1. The summed E-state index contributed by atoms with van der Waals surface area (Å²) in [5.41, 5.74) is 1.84. The van der Waals surface area contributed by atoms with Crippen LogP contribution in [-0.2, 0) is 11.2 Å². The van der Waals surface area contributed by atoms with Crippen LogP contribution < -0.4 is 5.32 Å². The van der Waals surface area contributed by atoms with Crippen molar-refractivity contribution in [2.75, 3.05) is 0 Å². The highest BCUT2D eigenvalue weighted by atomic mass is 16.4. The van der Waals surface area contributed by atoms with Crippen molar-refractivity contribution in [3.05, 3.63) is 41.8 Å². The number of rotatable bonds is 5. The fourth-order valence-corrected chi connectivity index (χ4v) is 3.14. The Kier molecular flexibility index (Phi) is 5.11. The highest BCUT2D eigenvalue weighted by molar-refractivity contribution is 5.76. The maximum atomic E-state index is 12.1. The van der Waals surface area contributed by atoms with Crippen molar-refractivity contribution in [1.29, 1.82) is 0 Å². The summed E-state index contributed by atoms with van der Waals surface area (Å²) in [6.07, 6.45) is 7.09. The molecule has 1 aliphatic carbocycles. The molecule has 23 heavy (non-hydrogen) atoms. The maximum Gasteiger partial charge on any atom is 0.226 e. The summed E-state index contributed by atoms with van der Waals surface area (Å²) in [7, 11) is 0. The van der Waals surface area contributed by atoms with Crippen LogP contribution in [0.3, 0.4) is 0 Å². The Labute approximate surface area is 137 Å². The van der Waals surface area contributed by atoms with Gasteiger partial charge in [-0.3, -0.25) is 4.79 Å². The van der Waals surface area contributed by atoms with E-state index < -0.39 is 0 Å². The number of benzene rings is 1. The van der Waals surface area contributed by atoms with Crippen LogP contribution >= 0.6 is 0 Å². The molecule has 1 aromatic heterocycles. The fourth-order valence-electron chi connectivity index (χ4n) is 3.14. The number of hydrogen-bond acceptors (Lipinski definition) is 3. The van der Waals surface area contributed by atoms with Crippen LogP contribution in [0.1, 0.15) is 50.0 Å². The molecular weight excluding hydrogens is 288 g/mol. The fraction of sp³-hybridized carbons (Fsp3) is 0.474. The van der Waals surface area contributed by atoms with Crippen molar-refractivity contribution in [1.82, 2.24) is 10.3 Å². The third kappa shape index (κ3) is 4.21. The largest absolute Gasteiger partial charge is 0.441 e. The van der Waals surface area contributed by atoms with E-state index in [0.29, 0.717) is 24.8 Å². The van der Waals surface area contributed by atoms with Crippen molar-refractivity contribution < 1.29 is 9.21 Å². The number of carbonyl (C=O) groups excluding carboxylic acids is 1. The molecule has 1 fully saturated rings. The quantitative estimate of drug-likeness (QED) is 0.907. The molecule has 0 radical (unpaired) electrons. The van der Waals surface area contributed by atoms with Crippen LogP contribution in [0, 0.1) is 6.92 Å². The Morgan fingerprint density at radius 2 is 1.96 bits per heavy atom. The Morgan fingerprint density at radius 3 is 2.70 bits per heavy atom. The molecular formula is C19H24N2O2. The number of aryl methyl sites for hydroxylation is 2. The van der Waals surface area contributed by atoms with Gasteiger partial charge < -0.3 is 9.73 Å². The van der Waals surface area contributed by atoms with Gasteiger partial charge >= 0.3 is 0 Å². The van der Waals surface area contributed by atoms with Gasteiger partial charge in [-0.05, 0) is 31.9 Å². The van der Waals surface area contributed by atoms with Gasteiger partial charge in [-0.25, -0.2) is 4.98 Å². The average molecular weight is 312 g/mol. The van der Waals surface area contributed by atoms with Gasteiger partial charge in [0, 0.05) is 24.4 Å². The summed E-state index contributed by atoms with van der Waals surface area (Å²) < 4.78 is 5.74. The minimum Gasteiger partial charge on any atom is -0.441 e. The molecule has 1 aromatic carbocycles. The number of hydrogen-bond donors (Lipinski definition) is 1. The Morgan fingerprint density at radius 1 is 1.22 bits per heavy atom. The van der Waals surface area contributed by atoms with E-state index in [0.717, 1.165) is 29.9 Å². The molecule has 122 valence electrons. The first-order valence-electron chi connectivity index (χ1n) is 8.53. The van der Waals surface area contributed by atoms with Crippen LogP contribution in [0.25, 0.3) is 11.5 Å². The van der Waals surface area contributed by atoms with Gasteiger partial charge in [0.1, 0.15) is 5.76 Å². The highest BCUT2D eigenvalue weighted by Crippen LogP contribution is 2.22. The second-order valence-corrected chi connectivity index (χ2v) is 6.29. The topological polar surface area (TPSA) is 55.1 Å². The van der Waals surface area contributed by atoms with Gasteiger partial charge in [-0.2, -0.15) is 0 Å². The first-order valence-corrected chi connectivity index (χ1v) is 8.53. The number of carbonyl (C=O) groups is 1. The lowest BCUT2D eigenvalue weighted by Gasteiger charge is -2.22. The first-order chi connectivity index (χ1) is 11.2. The van der Waals surface area contributed by atoms with Crippen molar-refractivity contribution >= 4 is 5.91 Å². The van der Waals surface area contributed by atoms with E-state index in [2.05, 4.69) is 10.3 Å². The van der Waals surface area contributed by atoms with Crippen LogP contribution in [0.2, 0.25) is 0 Å². The molecule has 1 aliphatic rings. The summed E-state index contributed by atoms with van der Waals surface area (Å²) in [6, 6.07) is 10.2. The molecule has 0 saturated heterocycles. The zero-order valence-electron chi connectivity index (χ0n) is 13.7. The van der Waals surface area contributed by atoms with Gasteiger partial charge in [-0.1, -0.05) is 37.5 Å². The summed E-state index contributed by atoms with van der Waals surface area (Å²) in [5.74, 6) is 1.56. The number of oxazole rings is 1. The second kappa shape index (κ2) is 7.44. The van der Waals surface area contributed by atoms with Gasteiger partial charge in [0.25, 0.3) is 0 Å². The smallest absolute Gasteiger partial charge is 0.226 e. The molecule has 1 amide bonds. The minimum absolute atomic E-state index is 0.126. The van der Waals surface area contributed by atoms with E-state index >= 15 is 0 Å². The van der Waals surface area contributed by atoms with Crippen molar-refractivity contribution in [2.45, 2.75) is 57.9 Å². The van der Waals surface area contributed by atoms with Crippen LogP contribution in [0.4, 0.5) is 0 Å². The van der Waals surface area contributed by atoms with E-state index in [-0.39, 0.29) is 5.91 Å². The summed E-state index contributed by atoms with van der Waals surface area (Å²) in [4.78, 5) is 16.7. The van der Waals surface area contributed by atoms with Crippen molar-refractivity contribution in [3.8, 4) is 11.5 Å². The lowest BCUT2D eigenvalue weighted by Crippen LogP contribution is -2.36. The predicted molar refractivity (Wildman–Crippen MR) is 90.0 cm³/mol. The lowest BCUT2D eigenvalue weighted by atomic mass is 9.95. The summed E-state index contributed by atoms with van der Waals surface area (Å²) >= 11 is 0. The molecule has 4 nitrogen and oxygen atoms in total. The van der Waals surface area contributed by atoms with Crippen molar-refractivity contribution in [2.24, 2.45) is 0 Å². The summed E-state index contributed by atoms with van der Waals surface area (Å²) in [6.45, 7) is 1.91. The molecule has 1 saturated carbocycles. The summed E-state index contributed by atoms with van der Waals surface area (Å²) in [5, 5.41) is 3.15. The molecule has 2 aromatic rings. The molecule has 0 unspecified atom stereocenters. The number of nitrogens with one attached hydrogen (secondary N) is 1. The average Bonchev–Trinajstić information content (AvgIpc) is 2.96. The third-order valence-corrected chi connectivity index (χ3v) is 4.47. The normalized spacial score (nSPS) is 15.5. The van der Waals surface area contributed by atoms with Gasteiger partial charge in [0.2, 0.25) is 11.8 Å². The molecule has 0 atom stereocenters. The number of nitrogens with zero attached hydrogens (tertiary/aromatic N) is 1. The molecule has 0 spiro atoms. The lowest BCUT2D eigenvalue weighted by molar-refractivity contribution is -0.122. The monoisotopic (exact) mass is 312 g/mol. The van der Waals surface area contributed by atoms with Crippen molar-refractivity contribution in [3.63, 3.8) is 0 Å². The Bertz CT molecular complexity index is 643. The molecule has 0 bridgehead atoms. The van der Waals surface area contributed by atoms with E-state index in [9.17, 15) is 4.79 Å². The van der Waals surface area contributed by atoms with Crippen LogP contribution in [0.5, 0.6) is 0 Å². The maximum absolute atomic E-state index is 12.1. The van der Waals surface area contributed by atoms with Crippen LogP contribution in [0.15, 0.2) is 34.7 Å². The predicted octanol–water partition coefficient (Wildman–Crippen LogP) is 4.03. The van der Waals surface area contributed by atoms with Crippen LogP contribution in [-0.4, -0.2) is 16.9 Å². The Balaban J connectivity index is 1.56. The highest BCUT2D eigenvalue weighted by Gasteiger charge is 2.17. The molecule has 1 N–H and O–H groups in total. The van der Waals surface area contributed by atoms with E-state index in [1.54, 1.807) is 0 Å². The second-order valence-electron chi connectivity index (χ2n) is 6.29. The van der Waals surface area contributed by atoms with E-state index in [4.69, 9.17) is 4.42 Å². The first kappa shape index (κ1) is 15.8. The van der Waals surface area contributed by atoms with E-state index in [1.807, 2.05) is 37.3 Å². The zero-order chi connectivity index (χ0) is 16.1. The molecule has 4 heteroatoms. The van der Waals surface area contributed by atoms with Gasteiger partial charge in [0.05, 0.1) is 5.69 Å². The molecule has 0 aliphatic heterocycles. The molecule has 1 heterocycles. The third-order valence-electron chi connectivity index (χ3n) is 4.47. The Hall–Kier alpha value is -2.10. The zero-order valence-corrected chi connectivity index (χ0v) is 13.7. The van der Waals surface area contributed by atoms with Gasteiger partial charge in [0.15, 0.2) is 0 Å². The SMILES string of the molecule is Cc1oc(-c2ccccc2)nc1CCC(=O)NC1CCCCC1. The molecule has 3 rings (SSSR count). The van der Waals surface area contributed by atoms with E-state index in [1.165, 1.54) is 19.3 Å². The number of aromatic nitrogens is 1.